The average molecular weight is 400 g/mol. The van der Waals surface area contributed by atoms with Crippen LogP contribution in [0.1, 0.15) is 12.8 Å². The zero-order valence-corrected chi connectivity index (χ0v) is 15.5. The van der Waals surface area contributed by atoms with Gasteiger partial charge in [0.15, 0.2) is 6.61 Å². The van der Waals surface area contributed by atoms with Gasteiger partial charge in [0.05, 0.1) is 29.3 Å². The van der Waals surface area contributed by atoms with Gasteiger partial charge in [-0.25, -0.2) is 0 Å². The van der Waals surface area contributed by atoms with Crippen LogP contribution in [0.4, 0.5) is 5.69 Å². The molecule has 144 valence electrons. The first-order valence-electron chi connectivity index (χ1n) is 8.71. The molecule has 2 aromatic rings. The molecule has 10 heteroatoms. The highest BCUT2D eigenvalue weighted by Gasteiger charge is 2.47. The van der Waals surface area contributed by atoms with E-state index in [2.05, 4.69) is 14.1 Å². The molecule has 1 saturated heterocycles. The largest absolute Gasteiger partial charge is 0.454 e. The van der Waals surface area contributed by atoms with Gasteiger partial charge in [-0.05, 0) is 25.0 Å². The van der Waals surface area contributed by atoms with E-state index in [1.54, 1.807) is 18.2 Å². The summed E-state index contributed by atoms with van der Waals surface area (Å²) < 4.78 is 13.1. The smallest absolute Gasteiger partial charge is 0.326 e. The van der Waals surface area contributed by atoms with Gasteiger partial charge in [-0.15, -0.1) is 0 Å². The average Bonchev–Trinajstić information content (AvgIpc) is 3.27. The summed E-state index contributed by atoms with van der Waals surface area (Å²) in [7, 11) is 0. The van der Waals surface area contributed by atoms with Crippen molar-refractivity contribution in [3.8, 4) is 0 Å². The molecular weight excluding hydrogens is 384 g/mol. The van der Waals surface area contributed by atoms with Gasteiger partial charge in [-0.3, -0.25) is 24.1 Å². The number of amides is 3. The number of anilines is 1. The maximum absolute atomic E-state index is 12.3. The van der Waals surface area contributed by atoms with E-state index in [0.717, 1.165) is 16.6 Å². The lowest BCUT2D eigenvalue weighted by atomic mass is 9.85. The molecule has 0 spiro atoms. The second-order valence-corrected chi connectivity index (χ2v) is 7.09. The number of allylic oxidation sites excluding steroid dienone is 2. The van der Waals surface area contributed by atoms with E-state index in [1.807, 2.05) is 12.2 Å². The molecule has 0 saturated carbocycles. The predicted molar refractivity (Wildman–Crippen MR) is 99.1 cm³/mol. The number of esters is 1. The Bertz CT molecular complexity index is 975. The van der Waals surface area contributed by atoms with Crippen molar-refractivity contribution in [1.82, 2.24) is 13.6 Å². The van der Waals surface area contributed by atoms with Crippen molar-refractivity contribution in [3.05, 3.63) is 30.4 Å². The molecule has 2 aliphatic rings. The highest BCUT2D eigenvalue weighted by atomic mass is 32.1. The van der Waals surface area contributed by atoms with Crippen LogP contribution < -0.4 is 5.32 Å². The molecule has 28 heavy (non-hydrogen) atoms. The number of fused-ring (bicyclic) bond motifs is 2. The van der Waals surface area contributed by atoms with Crippen molar-refractivity contribution in [3.63, 3.8) is 0 Å². The summed E-state index contributed by atoms with van der Waals surface area (Å²) in [4.78, 5) is 49.7. The minimum absolute atomic E-state index is 0.358. The third-order valence-corrected chi connectivity index (χ3v) is 5.35. The van der Waals surface area contributed by atoms with Gasteiger partial charge in [0.25, 0.3) is 5.91 Å². The fourth-order valence-electron chi connectivity index (χ4n) is 3.44. The summed E-state index contributed by atoms with van der Waals surface area (Å²) in [6.07, 6.45) is 4.74. The van der Waals surface area contributed by atoms with E-state index in [-0.39, 0.29) is 11.8 Å². The zero-order chi connectivity index (χ0) is 19.7. The Morgan fingerprint density at radius 3 is 2.57 bits per heavy atom. The van der Waals surface area contributed by atoms with Crippen LogP contribution in [-0.2, 0) is 23.9 Å². The molecule has 1 fully saturated rings. The topological polar surface area (TPSA) is 119 Å². The molecule has 1 aliphatic heterocycles. The standard InChI is InChI=1S/C18H16N4O5S/c23-14(19-12-6-3-7-13-16(12)21-28-20-13)9-27-15(24)8-22-17(25)10-4-1-2-5-11(10)18(22)26/h1-3,6-7,10-11H,4-5,8-9H2,(H,19,23)/t10-,11+. The molecule has 2 atom stereocenters. The first kappa shape index (κ1) is 18.2. The van der Waals surface area contributed by atoms with Crippen LogP contribution in [0.2, 0.25) is 0 Å². The molecule has 0 radical (unpaired) electrons. The zero-order valence-electron chi connectivity index (χ0n) is 14.7. The Morgan fingerprint density at radius 1 is 1.14 bits per heavy atom. The highest BCUT2D eigenvalue weighted by molar-refractivity contribution is 7.00. The van der Waals surface area contributed by atoms with E-state index >= 15 is 0 Å². The third kappa shape index (κ3) is 3.38. The first-order chi connectivity index (χ1) is 13.5. The number of hydrogen-bond donors (Lipinski definition) is 1. The van der Waals surface area contributed by atoms with E-state index in [1.165, 1.54) is 0 Å². The SMILES string of the molecule is O=C(COC(=O)CN1C(=O)[C@H]2CC=CC[C@H]2C1=O)Nc1cccc2nsnc12. The fourth-order valence-corrected chi connectivity index (χ4v) is 3.99. The van der Waals surface area contributed by atoms with Gasteiger partial charge >= 0.3 is 5.97 Å². The molecule has 1 N–H and O–H groups in total. The summed E-state index contributed by atoms with van der Waals surface area (Å²) in [5, 5.41) is 2.61. The Balaban J connectivity index is 1.31. The number of rotatable bonds is 5. The number of carbonyl (C=O) groups excluding carboxylic acids is 4. The van der Waals surface area contributed by atoms with Crippen molar-refractivity contribution in [2.45, 2.75) is 12.8 Å². The van der Waals surface area contributed by atoms with Gasteiger partial charge < -0.3 is 10.1 Å². The molecule has 0 bridgehead atoms. The molecule has 0 unspecified atom stereocenters. The second-order valence-electron chi connectivity index (χ2n) is 6.56. The third-order valence-electron chi connectivity index (χ3n) is 4.81. The molecular formula is C18H16N4O5S. The van der Waals surface area contributed by atoms with Gasteiger partial charge in [0.1, 0.15) is 17.6 Å². The molecule has 2 heterocycles. The van der Waals surface area contributed by atoms with Gasteiger partial charge in [-0.1, -0.05) is 18.2 Å². The summed E-state index contributed by atoms with van der Waals surface area (Å²) in [6, 6.07) is 5.16. The number of aromatic nitrogens is 2. The maximum Gasteiger partial charge on any atom is 0.326 e. The van der Waals surface area contributed by atoms with Crippen LogP contribution in [0.15, 0.2) is 30.4 Å². The lowest BCUT2D eigenvalue weighted by Gasteiger charge is -2.14. The number of nitrogens with one attached hydrogen (secondary N) is 1. The minimum Gasteiger partial charge on any atom is -0.454 e. The molecule has 1 aromatic heterocycles. The summed E-state index contributed by atoms with van der Waals surface area (Å²) in [5.74, 6) is -2.88. The van der Waals surface area contributed by atoms with E-state index in [4.69, 9.17) is 4.74 Å². The van der Waals surface area contributed by atoms with Gasteiger partial charge in [0, 0.05) is 0 Å². The Labute approximate surface area is 163 Å². The van der Waals surface area contributed by atoms with Crippen LogP contribution in [0.3, 0.4) is 0 Å². The summed E-state index contributed by atoms with van der Waals surface area (Å²) in [6.45, 7) is -1.01. The van der Waals surface area contributed by atoms with E-state index in [0.29, 0.717) is 29.6 Å². The number of carbonyl (C=O) groups is 4. The van der Waals surface area contributed by atoms with Crippen LogP contribution in [0.25, 0.3) is 11.0 Å². The normalized spacial score (nSPS) is 21.1. The maximum atomic E-state index is 12.3. The van der Waals surface area contributed by atoms with Crippen molar-refractivity contribution in [2.75, 3.05) is 18.5 Å². The first-order valence-corrected chi connectivity index (χ1v) is 9.44. The van der Waals surface area contributed by atoms with E-state index < -0.39 is 36.9 Å². The Hall–Kier alpha value is -3.14. The predicted octanol–water partition coefficient (Wildman–Crippen LogP) is 1.12. The molecule has 3 amide bonds. The van der Waals surface area contributed by atoms with Crippen LogP contribution in [0, 0.1) is 11.8 Å². The number of likely N-dealkylation sites (tertiary alicyclic amines) is 1. The number of benzene rings is 1. The second kappa shape index (κ2) is 7.47. The van der Waals surface area contributed by atoms with E-state index in [9.17, 15) is 19.2 Å². The van der Waals surface area contributed by atoms with Crippen LogP contribution in [0.5, 0.6) is 0 Å². The Kier molecular flexibility index (Phi) is 4.86. The molecule has 1 aliphatic carbocycles. The van der Waals surface area contributed by atoms with Crippen molar-refractivity contribution >= 4 is 52.1 Å². The quantitative estimate of drug-likeness (QED) is 0.454. The van der Waals surface area contributed by atoms with Gasteiger partial charge in [0.2, 0.25) is 11.8 Å². The number of ether oxygens (including phenoxy) is 1. The van der Waals surface area contributed by atoms with Crippen molar-refractivity contribution in [2.24, 2.45) is 11.8 Å². The molecule has 4 rings (SSSR count). The lowest BCUT2D eigenvalue weighted by Crippen LogP contribution is -2.37. The Morgan fingerprint density at radius 2 is 1.86 bits per heavy atom. The highest BCUT2D eigenvalue weighted by Crippen LogP contribution is 2.34. The molecule has 1 aromatic carbocycles. The summed E-state index contributed by atoms with van der Waals surface area (Å²) in [5.41, 5.74) is 1.67. The van der Waals surface area contributed by atoms with Crippen LogP contribution >= 0.6 is 11.7 Å². The monoisotopic (exact) mass is 400 g/mol. The van der Waals surface area contributed by atoms with Crippen LogP contribution in [-0.4, -0.2) is 50.5 Å². The van der Waals surface area contributed by atoms with Crippen molar-refractivity contribution in [1.29, 1.82) is 0 Å². The fraction of sp³-hybridized carbons (Fsp3) is 0.333. The number of hydrogen-bond acceptors (Lipinski definition) is 8. The van der Waals surface area contributed by atoms with Gasteiger partial charge in [-0.2, -0.15) is 8.75 Å². The number of nitrogens with zero attached hydrogens (tertiary/aromatic N) is 3. The minimum atomic E-state index is -0.808. The molecule has 9 nitrogen and oxygen atoms in total. The number of imide groups is 1. The lowest BCUT2D eigenvalue weighted by molar-refractivity contribution is -0.154. The summed E-state index contributed by atoms with van der Waals surface area (Å²) >= 11 is 1.03. The van der Waals surface area contributed by atoms with Crippen molar-refractivity contribution < 1.29 is 23.9 Å².